The summed E-state index contributed by atoms with van der Waals surface area (Å²) in [5.74, 6) is -2.40. The molecule has 0 spiro atoms. The number of esters is 1. The van der Waals surface area contributed by atoms with Crippen molar-refractivity contribution in [3.05, 3.63) is 11.3 Å². The van der Waals surface area contributed by atoms with E-state index < -0.39 is 17.9 Å². The van der Waals surface area contributed by atoms with Gasteiger partial charge in [-0.1, -0.05) is 13.3 Å². The number of carboxylic acids is 1. The first-order valence-electron chi connectivity index (χ1n) is 7.32. The smallest absolute Gasteiger partial charge is 0.335 e. The van der Waals surface area contributed by atoms with Crippen LogP contribution in [0.4, 0.5) is 0 Å². The van der Waals surface area contributed by atoms with Crippen molar-refractivity contribution in [3.63, 3.8) is 0 Å². The number of carboxylic acid groups (broad SMARTS) is 1. The van der Waals surface area contributed by atoms with E-state index in [9.17, 15) is 14.4 Å². The van der Waals surface area contributed by atoms with Crippen LogP contribution < -0.4 is 0 Å². The number of allylic oxidation sites excluding steroid dienone is 1. The third-order valence-corrected chi connectivity index (χ3v) is 3.59. The summed E-state index contributed by atoms with van der Waals surface area (Å²) in [6.07, 6.45) is 1.59. The lowest BCUT2D eigenvalue weighted by Crippen LogP contribution is -2.42. The minimum absolute atomic E-state index is 0.137. The Hall–Kier alpha value is -1.85. The average Bonchev–Trinajstić information content (AvgIpc) is 2.41. The summed E-state index contributed by atoms with van der Waals surface area (Å²) < 4.78 is 5.01. The van der Waals surface area contributed by atoms with Gasteiger partial charge < -0.3 is 14.7 Å². The zero-order valence-electron chi connectivity index (χ0n) is 12.8. The van der Waals surface area contributed by atoms with Crippen molar-refractivity contribution in [2.75, 3.05) is 13.2 Å². The molecule has 21 heavy (non-hydrogen) atoms. The minimum atomic E-state index is -1.04. The molecule has 0 aromatic carbocycles. The maximum Gasteiger partial charge on any atom is 0.335 e. The third kappa shape index (κ3) is 4.31. The van der Waals surface area contributed by atoms with Gasteiger partial charge in [-0.05, 0) is 26.7 Å². The molecule has 0 saturated carbocycles. The normalized spacial score (nSPS) is 18.9. The molecule has 1 N–H and O–H groups in total. The summed E-state index contributed by atoms with van der Waals surface area (Å²) in [6, 6.07) is 0. The van der Waals surface area contributed by atoms with Crippen molar-refractivity contribution in [2.45, 2.75) is 46.5 Å². The van der Waals surface area contributed by atoms with Gasteiger partial charge in [-0.3, -0.25) is 9.59 Å². The maximum atomic E-state index is 12.4. The maximum absolute atomic E-state index is 12.4. The first-order valence-corrected chi connectivity index (χ1v) is 7.32. The molecule has 0 bridgehead atoms. The summed E-state index contributed by atoms with van der Waals surface area (Å²) in [4.78, 5) is 36.8. The van der Waals surface area contributed by atoms with E-state index >= 15 is 0 Å². The fraction of sp³-hybridized carbons (Fsp3) is 0.667. The van der Waals surface area contributed by atoms with E-state index in [1.165, 1.54) is 4.90 Å². The molecule has 6 heteroatoms. The highest BCUT2D eigenvalue weighted by Crippen LogP contribution is 2.30. The van der Waals surface area contributed by atoms with Crippen LogP contribution in [0.2, 0.25) is 0 Å². The molecule has 1 unspecified atom stereocenters. The molecule has 1 aliphatic rings. The van der Waals surface area contributed by atoms with E-state index in [1.807, 2.05) is 6.92 Å². The second kappa shape index (κ2) is 7.81. The van der Waals surface area contributed by atoms with Crippen LogP contribution in [-0.2, 0) is 19.1 Å². The van der Waals surface area contributed by atoms with Crippen molar-refractivity contribution in [1.82, 2.24) is 4.90 Å². The van der Waals surface area contributed by atoms with E-state index in [-0.39, 0.29) is 25.4 Å². The molecule has 1 rings (SSSR count). The second-order valence-electron chi connectivity index (χ2n) is 5.13. The van der Waals surface area contributed by atoms with Gasteiger partial charge in [-0.2, -0.15) is 0 Å². The Morgan fingerprint density at radius 3 is 2.57 bits per heavy atom. The monoisotopic (exact) mass is 297 g/mol. The molecule has 6 nitrogen and oxygen atoms in total. The van der Waals surface area contributed by atoms with E-state index in [0.29, 0.717) is 17.8 Å². The zero-order chi connectivity index (χ0) is 16.0. The lowest BCUT2D eigenvalue weighted by molar-refractivity contribution is -0.146. The van der Waals surface area contributed by atoms with Gasteiger partial charge in [0.1, 0.15) is 0 Å². The Morgan fingerprint density at radius 1 is 1.38 bits per heavy atom. The topological polar surface area (TPSA) is 83.9 Å². The van der Waals surface area contributed by atoms with Crippen LogP contribution in [0.15, 0.2) is 11.3 Å². The fourth-order valence-corrected chi connectivity index (χ4v) is 2.44. The molecule has 0 aliphatic carbocycles. The number of nitrogens with zero attached hydrogens (tertiary/aromatic N) is 1. The molecule has 1 atom stereocenters. The SMILES string of the molecule is CCCCN1C(=O)C(CC(=O)O)CC(C(=O)OCC)=C1C. The molecule has 0 aromatic rings. The number of unbranched alkanes of at least 4 members (excludes halogenated alkanes) is 1. The lowest BCUT2D eigenvalue weighted by atomic mass is 9.89. The van der Waals surface area contributed by atoms with Gasteiger partial charge in [-0.15, -0.1) is 0 Å². The minimum Gasteiger partial charge on any atom is -0.481 e. The predicted octanol–water partition coefficient (Wildman–Crippen LogP) is 1.95. The van der Waals surface area contributed by atoms with Crippen LogP contribution in [0, 0.1) is 5.92 Å². The van der Waals surface area contributed by atoms with Crippen molar-refractivity contribution in [3.8, 4) is 0 Å². The van der Waals surface area contributed by atoms with Crippen LogP contribution in [0.25, 0.3) is 0 Å². The van der Waals surface area contributed by atoms with Crippen LogP contribution in [0.3, 0.4) is 0 Å². The van der Waals surface area contributed by atoms with Crippen molar-refractivity contribution >= 4 is 17.8 Å². The predicted molar refractivity (Wildman–Crippen MR) is 76.3 cm³/mol. The number of hydrogen-bond donors (Lipinski definition) is 1. The zero-order valence-corrected chi connectivity index (χ0v) is 12.8. The molecule has 1 heterocycles. The van der Waals surface area contributed by atoms with Gasteiger partial charge in [-0.25, -0.2) is 4.79 Å². The van der Waals surface area contributed by atoms with Gasteiger partial charge in [0.2, 0.25) is 5.91 Å². The second-order valence-corrected chi connectivity index (χ2v) is 5.13. The number of carbonyl (C=O) groups is 3. The van der Waals surface area contributed by atoms with Crippen molar-refractivity contribution in [1.29, 1.82) is 0 Å². The van der Waals surface area contributed by atoms with Crippen molar-refractivity contribution in [2.24, 2.45) is 5.92 Å². The standard InChI is InChI=1S/C15H23NO5/c1-4-6-7-16-10(3)12(15(20)21-5-2)8-11(14(16)19)9-13(17)18/h11H,4-9H2,1-3H3,(H,17,18). The number of hydrogen-bond acceptors (Lipinski definition) is 4. The first kappa shape index (κ1) is 17.2. The van der Waals surface area contributed by atoms with Crippen LogP contribution in [-0.4, -0.2) is 41.0 Å². The molecule has 0 saturated heterocycles. The van der Waals surface area contributed by atoms with E-state index in [4.69, 9.17) is 9.84 Å². The molecule has 0 fully saturated rings. The van der Waals surface area contributed by atoms with Crippen LogP contribution >= 0.6 is 0 Å². The highest BCUT2D eigenvalue weighted by Gasteiger charge is 2.36. The summed E-state index contributed by atoms with van der Waals surface area (Å²) >= 11 is 0. The molecule has 118 valence electrons. The molecule has 1 aliphatic heterocycles. The number of aliphatic carboxylic acids is 1. The lowest BCUT2D eigenvalue weighted by Gasteiger charge is -2.33. The molecule has 1 amide bonds. The fourth-order valence-electron chi connectivity index (χ4n) is 2.44. The molecular formula is C15H23NO5. The first-order chi connectivity index (χ1) is 9.92. The quantitative estimate of drug-likeness (QED) is 0.726. The molecule has 0 aromatic heterocycles. The molecular weight excluding hydrogens is 274 g/mol. The largest absolute Gasteiger partial charge is 0.481 e. The Balaban J connectivity index is 3.06. The van der Waals surface area contributed by atoms with Gasteiger partial charge >= 0.3 is 11.9 Å². The highest BCUT2D eigenvalue weighted by atomic mass is 16.5. The van der Waals surface area contributed by atoms with Gasteiger partial charge in [0, 0.05) is 12.2 Å². The average molecular weight is 297 g/mol. The van der Waals surface area contributed by atoms with Gasteiger partial charge in [0.05, 0.1) is 24.5 Å². The van der Waals surface area contributed by atoms with Gasteiger partial charge in [0.25, 0.3) is 0 Å². The number of rotatable bonds is 7. The number of ether oxygens (including phenoxy) is 1. The Bertz CT molecular complexity index is 455. The third-order valence-electron chi connectivity index (χ3n) is 3.59. The number of amides is 1. The van der Waals surface area contributed by atoms with Gasteiger partial charge in [0.15, 0.2) is 0 Å². The summed E-state index contributed by atoms with van der Waals surface area (Å²) in [5, 5.41) is 8.94. The Kier molecular flexibility index (Phi) is 6.39. The highest BCUT2D eigenvalue weighted by molar-refractivity contribution is 5.95. The van der Waals surface area contributed by atoms with Crippen molar-refractivity contribution < 1.29 is 24.2 Å². The Labute approximate surface area is 124 Å². The number of carbonyl (C=O) groups excluding carboxylic acids is 2. The van der Waals surface area contributed by atoms with E-state index in [2.05, 4.69) is 0 Å². The van der Waals surface area contributed by atoms with Crippen LogP contribution in [0.1, 0.15) is 46.5 Å². The summed E-state index contributed by atoms with van der Waals surface area (Å²) in [5.41, 5.74) is 1.01. The Morgan fingerprint density at radius 2 is 2.05 bits per heavy atom. The summed E-state index contributed by atoms with van der Waals surface area (Å²) in [7, 11) is 0. The van der Waals surface area contributed by atoms with E-state index in [1.54, 1.807) is 13.8 Å². The summed E-state index contributed by atoms with van der Waals surface area (Å²) in [6.45, 7) is 6.19. The van der Waals surface area contributed by atoms with Crippen LogP contribution in [0.5, 0.6) is 0 Å². The molecule has 0 radical (unpaired) electrons. The van der Waals surface area contributed by atoms with E-state index in [0.717, 1.165) is 12.8 Å².